The van der Waals surface area contributed by atoms with E-state index in [1.807, 2.05) is 36.4 Å². The maximum absolute atomic E-state index is 12.8. The van der Waals surface area contributed by atoms with E-state index >= 15 is 0 Å². The highest BCUT2D eigenvalue weighted by Crippen LogP contribution is 2.44. The normalized spacial score (nSPS) is 13.5. The monoisotopic (exact) mass is 394 g/mol. The van der Waals surface area contributed by atoms with Crippen molar-refractivity contribution in [1.82, 2.24) is 4.98 Å². The van der Waals surface area contributed by atoms with E-state index in [-0.39, 0.29) is 12.5 Å². The molecule has 7 heteroatoms. The Morgan fingerprint density at radius 3 is 2.29 bits per heavy atom. The molecule has 3 aromatic rings. The number of carbonyl (C=O) groups excluding carboxylic acids is 1. The summed E-state index contributed by atoms with van der Waals surface area (Å²) in [5.74, 6) is -1.19. The lowest BCUT2D eigenvalue weighted by atomic mass is 9.98. The second-order valence-electron chi connectivity index (χ2n) is 6.53. The maximum Gasteiger partial charge on any atom is 0.415 e. The zero-order chi connectivity index (χ0) is 19.7. The first-order chi connectivity index (χ1) is 13.6. The van der Waals surface area contributed by atoms with E-state index in [1.54, 1.807) is 5.51 Å². The molecule has 1 heterocycles. The molecule has 0 unspecified atom stereocenters. The van der Waals surface area contributed by atoms with Gasteiger partial charge in [-0.25, -0.2) is 9.59 Å². The van der Waals surface area contributed by atoms with Crippen molar-refractivity contribution in [1.29, 1.82) is 0 Å². The average molecular weight is 394 g/mol. The summed E-state index contributed by atoms with van der Waals surface area (Å²) in [4.78, 5) is 29.3. The number of amides is 1. The molecule has 0 radical (unpaired) electrons. The van der Waals surface area contributed by atoms with Gasteiger partial charge < -0.3 is 9.84 Å². The minimum Gasteiger partial charge on any atom is -0.480 e. The molecule has 1 atom stereocenters. The molecule has 0 fully saturated rings. The van der Waals surface area contributed by atoms with Gasteiger partial charge in [0.25, 0.3) is 0 Å². The summed E-state index contributed by atoms with van der Waals surface area (Å²) >= 11 is 1.19. The minimum atomic E-state index is -1.11. The van der Waals surface area contributed by atoms with E-state index in [1.165, 1.54) is 24.5 Å². The lowest BCUT2D eigenvalue weighted by Gasteiger charge is -2.25. The summed E-state index contributed by atoms with van der Waals surface area (Å²) in [6.07, 6.45) is 0.770. The SMILES string of the molecule is C[C@@H](C(=O)O)N(C(=O)OCC1c2ccccc2-c2ccccc21)c1cncs1. The Balaban J connectivity index is 1.58. The van der Waals surface area contributed by atoms with Crippen molar-refractivity contribution in [3.63, 3.8) is 0 Å². The van der Waals surface area contributed by atoms with Crippen LogP contribution in [0.2, 0.25) is 0 Å². The maximum atomic E-state index is 12.8. The van der Waals surface area contributed by atoms with Crippen LogP contribution in [0.3, 0.4) is 0 Å². The fourth-order valence-electron chi connectivity index (χ4n) is 3.54. The molecule has 1 aliphatic rings. The number of carbonyl (C=O) groups is 2. The lowest BCUT2D eigenvalue weighted by molar-refractivity contribution is -0.138. The second-order valence-corrected chi connectivity index (χ2v) is 7.39. The Bertz CT molecular complexity index is 973. The first-order valence-electron chi connectivity index (χ1n) is 8.83. The molecular formula is C21H18N2O4S. The summed E-state index contributed by atoms with van der Waals surface area (Å²) < 4.78 is 5.60. The number of nitrogens with zero attached hydrogens (tertiary/aromatic N) is 2. The first-order valence-corrected chi connectivity index (χ1v) is 9.71. The van der Waals surface area contributed by atoms with Crippen LogP contribution >= 0.6 is 11.3 Å². The summed E-state index contributed by atoms with van der Waals surface area (Å²) in [7, 11) is 0. The highest BCUT2D eigenvalue weighted by molar-refractivity contribution is 7.14. The van der Waals surface area contributed by atoms with Crippen LogP contribution in [0.1, 0.15) is 24.0 Å². The van der Waals surface area contributed by atoms with Gasteiger partial charge in [-0.05, 0) is 29.2 Å². The molecule has 4 rings (SSSR count). The molecule has 142 valence electrons. The number of ether oxygens (including phenoxy) is 1. The topological polar surface area (TPSA) is 79.7 Å². The van der Waals surface area contributed by atoms with Crippen LogP contribution in [0.4, 0.5) is 9.80 Å². The molecule has 1 amide bonds. The number of thiazole rings is 1. The van der Waals surface area contributed by atoms with Crippen molar-refractivity contribution in [3.8, 4) is 11.1 Å². The van der Waals surface area contributed by atoms with E-state index in [0.717, 1.165) is 27.2 Å². The Labute approximate surface area is 166 Å². The molecule has 0 spiro atoms. The van der Waals surface area contributed by atoms with Crippen molar-refractivity contribution >= 4 is 28.4 Å². The third-order valence-electron chi connectivity index (χ3n) is 4.93. The van der Waals surface area contributed by atoms with Gasteiger partial charge in [-0.2, -0.15) is 0 Å². The van der Waals surface area contributed by atoms with Crippen LogP contribution in [0, 0.1) is 0 Å². The molecule has 0 saturated heterocycles. The quantitative estimate of drug-likeness (QED) is 0.695. The van der Waals surface area contributed by atoms with Crippen molar-refractivity contribution in [2.45, 2.75) is 18.9 Å². The van der Waals surface area contributed by atoms with Crippen LogP contribution in [0.25, 0.3) is 11.1 Å². The molecule has 0 bridgehead atoms. The van der Waals surface area contributed by atoms with E-state index in [0.29, 0.717) is 5.00 Å². The van der Waals surface area contributed by atoms with Gasteiger partial charge in [0.05, 0.1) is 11.7 Å². The first kappa shape index (κ1) is 18.2. The highest BCUT2D eigenvalue weighted by atomic mass is 32.1. The smallest absolute Gasteiger partial charge is 0.415 e. The number of anilines is 1. The Morgan fingerprint density at radius 1 is 1.14 bits per heavy atom. The number of fused-ring (bicyclic) bond motifs is 3. The number of aromatic nitrogens is 1. The predicted octanol–water partition coefficient (Wildman–Crippen LogP) is 4.37. The van der Waals surface area contributed by atoms with Gasteiger partial charge in [-0.1, -0.05) is 48.5 Å². The highest BCUT2D eigenvalue weighted by Gasteiger charge is 2.33. The molecule has 1 aromatic heterocycles. The molecule has 0 saturated carbocycles. The molecule has 2 aromatic carbocycles. The summed E-state index contributed by atoms with van der Waals surface area (Å²) in [5.41, 5.74) is 6.03. The van der Waals surface area contributed by atoms with Crippen molar-refractivity contribution in [2.24, 2.45) is 0 Å². The van der Waals surface area contributed by atoms with Crippen LogP contribution in [0.15, 0.2) is 60.2 Å². The average Bonchev–Trinajstić information content (AvgIpc) is 3.33. The van der Waals surface area contributed by atoms with Crippen molar-refractivity contribution in [2.75, 3.05) is 11.5 Å². The van der Waals surface area contributed by atoms with Gasteiger partial charge in [0.15, 0.2) is 0 Å². The third kappa shape index (κ3) is 3.14. The van der Waals surface area contributed by atoms with E-state index < -0.39 is 18.1 Å². The Kier molecular flexibility index (Phi) is 4.83. The molecular weight excluding hydrogens is 376 g/mol. The van der Waals surface area contributed by atoms with E-state index in [9.17, 15) is 14.7 Å². The largest absolute Gasteiger partial charge is 0.480 e. The molecule has 1 aliphatic carbocycles. The van der Waals surface area contributed by atoms with Gasteiger partial charge in [0.2, 0.25) is 0 Å². The number of benzene rings is 2. The van der Waals surface area contributed by atoms with E-state index in [2.05, 4.69) is 17.1 Å². The number of carboxylic acid groups (broad SMARTS) is 1. The molecule has 0 aliphatic heterocycles. The zero-order valence-corrected chi connectivity index (χ0v) is 15.9. The number of hydrogen-bond donors (Lipinski definition) is 1. The second kappa shape index (κ2) is 7.44. The van der Waals surface area contributed by atoms with Crippen LogP contribution in [-0.4, -0.2) is 34.8 Å². The number of carboxylic acids is 1. The molecule has 1 N–H and O–H groups in total. The lowest BCUT2D eigenvalue weighted by Crippen LogP contribution is -2.43. The summed E-state index contributed by atoms with van der Waals surface area (Å²) in [6, 6.07) is 15.1. The summed E-state index contributed by atoms with van der Waals surface area (Å²) in [5, 5.41) is 9.81. The third-order valence-corrected chi connectivity index (χ3v) is 5.70. The van der Waals surface area contributed by atoms with Gasteiger partial charge in [-0.3, -0.25) is 9.88 Å². The number of hydrogen-bond acceptors (Lipinski definition) is 5. The fourth-order valence-corrected chi connectivity index (χ4v) is 4.24. The van der Waals surface area contributed by atoms with Gasteiger partial charge in [0.1, 0.15) is 17.6 Å². The zero-order valence-electron chi connectivity index (χ0n) is 15.1. The number of aliphatic carboxylic acids is 1. The Hall–Kier alpha value is -3.19. The number of rotatable bonds is 5. The van der Waals surface area contributed by atoms with Gasteiger partial charge >= 0.3 is 12.1 Å². The van der Waals surface area contributed by atoms with Crippen molar-refractivity contribution < 1.29 is 19.4 Å². The Morgan fingerprint density at radius 2 is 1.75 bits per heavy atom. The standard InChI is InChI=1S/C21H18N2O4S/c1-13(20(24)25)23(19-10-22-12-28-19)21(26)27-11-18-16-8-4-2-6-14(16)15-7-3-5-9-17(15)18/h2-10,12-13,18H,11H2,1H3,(H,24,25)/t13-/m0/s1. The van der Waals surface area contributed by atoms with Gasteiger partial charge in [0, 0.05) is 5.92 Å². The predicted molar refractivity (Wildman–Crippen MR) is 107 cm³/mol. The molecule has 6 nitrogen and oxygen atoms in total. The molecule has 28 heavy (non-hydrogen) atoms. The fraction of sp³-hybridized carbons (Fsp3) is 0.190. The van der Waals surface area contributed by atoms with Crippen LogP contribution < -0.4 is 4.90 Å². The van der Waals surface area contributed by atoms with Crippen molar-refractivity contribution in [3.05, 3.63) is 71.4 Å². The summed E-state index contributed by atoms with van der Waals surface area (Å²) in [6.45, 7) is 1.58. The van der Waals surface area contributed by atoms with E-state index in [4.69, 9.17) is 4.74 Å². The van der Waals surface area contributed by atoms with Crippen LogP contribution in [-0.2, 0) is 9.53 Å². The van der Waals surface area contributed by atoms with Crippen LogP contribution in [0.5, 0.6) is 0 Å². The van der Waals surface area contributed by atoms with Gasteiger partial charge in [-0.15, -0.1) is 11.3 Å². The minimum absolute atomic E-state index is 0.0835.